The molecule has 0 radical (unpaired) electrons. The highest BCUT2D eigenvalue weighted by atomic mass is 79.9. The molecule has 1 aromatic rings. The second kappa shape index (κ2) is 6.93. The van der Waals surface area contributed by atoms with Crippen molar-refractivity contribution >= 4 is 27.4 Å². The quantitative estimate of drug-likeness (QED) is 0.720. The van der Waals surface area contributed by atoms with Crippen molar-refractivity contribution in [2.75, 3.05) is 18.0 Å². The molecule has 0 spiro atoms. The lowest BCUT2D eigenvalue weighted by Crippen LogP contribution is -2.28. The molecule has 0 heterocycles. The third-order valence-electron chi connectivity index (χ3n) is 3.31. The lowest BCUT2D eigenvalue weighted by Gasteiger charge is -2.26. The van der Waals surface area contributed by atoms with Crippen LogP contribution in [0.3, 0.4) is 0 Å². The van der Waals surface area contributed by atoms with Crippen LogP contribution in [-0.4, -0.2) is 18.9 Å². The minimum atomic E-state index is 0.0957. The van der Waals surface area contributed by atoms with E-state index in [2.05, 4.69) is 41.6 Å². The van der Waals surface area contributed by atoms with Crippen LogP contribution in [-0.2, 0) is 0 Å². The van der Waals surface area contributed by atoms with E-state index in [1.807, 2.05) is 18.2 Å². The van der Waals surface area contributed by atoms with E-state index in [4.69, 9.17) is 0 Å². The Kier molecular flexibility index (Phi) is 5.86. The van der Waals surface area contributed by atoms with Crippen LogP contribution >= 0.6 is 15.9 Å². The number of carbonyl (C=O) groups excluding carboxylic acids is 1. The van der Waals surface area contributed by atoms with Gasteiger partial charge in [-0.25, -0.2) is 0 Å². The van der Waals surface area contributed by atoms with Crippen LogP contribution < -0.4 is 4.90 Å². The summed E-state index contributed by atoms with van der Waals surface area (Å²) in [5.41, 5.74) is 1.92. The predicted molar refractivity (Wildman–Crippen MR) is 81.5 cm³/mol. The number of ketones is 1. The van der Waals surface area contributed by atoms with Crippen molar-refractivity contribution in [1.29, 1.82) is 0 Å². The van der Waals surface area contributed by atoms with Gasteiger partial charge in [0.15, 0.2) is 5.78 Å². The van der Waals surface area contributed by atoms with Crippen LogP contribution in [0.4, 0.5) is 5.69 Å². The third-order valence-corrected chi connectivity index (χ3v) is 3.96. The Labute approximate surface area is 119 Å². The number of benzene rings is 1. The van der Waals surface area contributed by atoms with E-state index < -0.39 is 0 Å². The summed E-state index contributed by atoms with van der Waals surface area (Å²) in [7, 11) is 0. The molecule has 0 saturated heterocycles. The average Bonchev–Trinajstić information content (AvgIpc) is 2.34. The maximum absolute atomic E-state index is 11.4. The van der Waals surface area contributed by atoms with Crippen molar-refractivity contribution in [2.45, 2.75) is 34.1 Å². The highest BCUT2D eigenvalue weighted by Gasteiger charge is 2.11. The Hall–Kier alpha value is -0.830. The Morgan fingerprint density at radius 1 is 1.39 bits per heavy atom. The first-order chi connectivity index (χ1) is 8.49. The largest absolute Gasteiger partial charge is 0.372 e. The van der Waals surface area contributed by atoms with Crippen molar-refractivity contribution in [1.82, 2.24) is 0 Å². The van der Waals surface area contributed by atoms with Crippen molar-refractivity contribution in [3.8, 4) is 0 Å². The van der Waals surface area contributed by atoms with Gasteiger partial charge in [-0.05, 0) is 53.9 Å². The molecule has 1 aromatic carbocycles. The molecule has 0 aliphatic carbocycles. The van der Waals surface area contributed by atoms with E-state index in [9.17, 15) is 4.79 Å². The number of rotatable bonds is 6. The summed E-state index contributed by atoms with van der Waals surface area (Å²) in [5.74, 6) is 0.773. The number of carbonyl (C=O) groups is 1. The second-order valence-corrected chi connectivity index (χ2v) is 5.63. The molecule has 1 rings (SSSR count). The molecule has 0 aromatic heterocycles. The molecule has 18 heavy (non-hydrogen) atoms. The van der Waals surface area contributed by atoms with Crippen LogP contribution in [0.15, 0.2) is 22.7 Å². The molecule has 0 aliphatic rings. The molecule has 1 atom stereocenters. The smallest absolute Gasteiger partial charge is 0.160 e. The molecule has 2 nitrogen and oxygen atoms in total. The van der Waals surface area contributed by atoms with Crippen molar-refractivity contribution in [3.63, 3.8) is 0 Å². The standard InChI is InChI=1S/C15H22BrNO/c1-5-11(3)10-17(6-2)13-7-8-14(12(4)18)15(16)9-13/h7-9,11H,5-6,10H2,1-4H3. The van der Waals surface area contributed by atoms with Gasteiger partial charge >= 0.3 is 0 Å². The summed E-state index contributed by atoms with van der Waals surface area (Å²) in [4.78, 5) is 13.7. The molecule has 100 valence electrons. The molecule has 0 saturated carbocycles. The van der Waals surface area contributed by atoms with Crippen LogP contribution in [0, 0.1) is 5.92 Å². The first-order valence-corrected chi connectivity index (χ1v) is 7.34. The molecule has 1 unspecified atom stereocenters. The van der Waals surface area contributed by atoms with E-state index in [0.29, 0.717) is 5.92 Å². The fourth-order valence-corrected chi connectivity index (χ4v) is 2.55. The van der Waals surface area contributed by atoms with Gasteiger partial charge in [0.05, 0.1) is 0 Å². The van der Waals surface area contributed by atoms with E-state index in [1.54, 1.807) is 6.92 Å². The molecule has 0 bridgehead atoms. The second-order valence-electron chi connectivity index (χ2n) is 4.77. The van der Waals surface area contributed by atoms with Gasteiger partial charge in [-0.1, -0.05) is 20.3 Å². The Balaban J connectivity index is 2.94. The minimum absolute atomic E-state index is 0.0957. The van der Waals surface area contributed by atoms with E-state index in [0.717, 1.165) is 23.1 Å². The number of anilines is 1. The molecule has 3 heteroatoms. The fourth-order valence-electron chi connectivity index (χ4n) is 1.91. The molecule has 0 aliphatic heterocycles. The van der Waals surface area contributed by atoms with Gasteiger partial charge in [0.2, 0.25) is 0 Å². The van der Waals surface area contributed by atoms with Gasteiger partial charge in [0, 0.05) is 28.8 Å². The normalized spacial score (nSPS) is 12.3. The SMILES string of the molecule is CCC(C)CN(CC)c1ccc(C(C)=O)c(Br)c1. The zero-order chi connectivity index (χ0) is 13.7. The Morgan fingerprint density at radius 3 is 2.50 bits per heavy atom. The molecular formula is C15H22BrNO. The number of hydrogen-bond acceptors (Lipinski definition) is 2. The van der Waals surface area contributed by atoms with Crippen molar-refractivity contribution in [2.24, 2.45) is 5.92 Å². The lowest BCUT2D eigenvalue weighted by atomic mass is 10.1. The van der Waals surface area contributed by atoms with Gasteiger partial charge in [-0.2, -0.15) is 0 Å². The zero-order valence-corrected chi connectivity index (χ0v) is 13.3. The third kappa shape index (κ3) is 3.84. The average molecular weight is 312 g/mol. The highest BCUT2D eigenvalue weighted by molar-refractivity contribution is 9.10. The maximum Gasteiger partial charge on any atom is 0.160 e. The maximum atomic E-state index is 11.4. The number of hydrogen-bond donors (Lipinski definition) is 0. The van der Waals surface area contributed by atoms with Crippen LogP contribution in [0.25, 0.3) is 0 Å². The van der Waals surface area contributed by atoms with Gasteiger partial charge < -0.3 is 4.90 Å². The summed E-state index contributed by atoms with van der Waals surface area (Å²) in [6.45, 7) is 10.3. The van der Waals surface area contributed by atoms with E-state index in [-0.39, 0.29) is 5.78 Å². The lowest BCUT2D eigenvalue weighted by molar-refractivity contribution is 0.101. The molecule has 0 amide bonds. The predicted octanol–water partition coefficient (Wildman–Crippen LogP) is 4.52. The van der Waals surface area contributed by atoms with Crippen LogP contribution in [0.1, 0.15) is 44.5 Å². The monoisotopic (exact) mass is 311 g/mol. The van der Waals surface area contributed by atoms with Gasteiger partial charge in [0.25, 0.3) is 0 Å². The van der Waals surface area contributed by atoms with Crippen LogP contribution in [0.5, 0.6) is 0 Å². The number of Topliss-reactive ketones (excluding diaryl/α,β-unsaturated/α-hetero) is 1. The number of halogens is 1. The first-order valence-electron chi connectivity index (χ1n) is 6.55. The zero-order valence-electron chi connectivity index (χ0n) is 11.7. The van der Waals surface area contributed by atoms with Gasteiger partial charge in [-0.15, -0.1) is 0 Å². The Morgan fingerprint density at radius 2 is 2.06 bits per heavy atom. The summed E-state index contributed by atoms with van der Waals surface area (Å²) in [6.07, 6.45) is 1.18. The van der Waals surface area contributed by atoms with Gasteiger partial charge in [-0.3, -0.25) is 4.79 Å². The molecule has 0 N–H and O–H groups in total. The fraction of sp³-hybridized carbons (Fsp3) is 0.533. The summed E-state index contributed by atoms with van der Waals surface area (Å²) < 4.78 is 0.884. The Bertz CT molecular complexity index is 417. The highest BCUT2D eigenvalue weighted by Crippen LogP contribution is 2.25. The molecule has 0 fully saturated rings. The van der Waals surface area contributed by atoms with Crippen molar-refractivity contribution < 1.29 is 4.79 Å². The first kappa shape index (κ1) is 15.2. The van der Waals surface area contributed by atoms with E-state index in [1.165, 1.54) is 12.1 Å². The van der Waals surface area contributed by atoms with Crippen molar-refractivity contribution in [3.05, 3.63) is 28.2 Å². The van der Waals surface area contributed by atoms with E-state index >= 15 is 0 Å². The number of nitrogens with zero attached hydrogens (tertiary/aromatic N) is 1. The topological polar surface area (TPSA) is 20.3 Å². The summed E-state index contributed by atoms with van der Waals surface area (Å²) in [6, 6.07) is 5.98. The van der Waals surface area contributed by atoms with Crippen LogP contribution in [0.2, 0.25) is 0 Å². The summed E-state index contributed by atoms with van der Waals surface area (Å²) in [5, 5.41) is 0. The van der Waals surface area contributed by atoms with Gasteiger partial charge in [0.1, 0.15) is 0 Å². The summed E-state index contributed by atoms with van der Waals surface area (Å²) >= 11 is 3.48. The minimum Gasteiger partial charge on any atom is -0.372 e. The molecular weight excluding hydrogens is 290 g/mol.